The van der Waals surface area contributed by atoms with Gasteiger partial charge in [0.2, 0.25) is 0 Å². The summed E-state index contributed by atoms with van der Waals surface area (Å²) in [6.07, 6.45) is 4.71. The first-order chi connectivity index (χ1) is 8.72. The predicted octanol–water partition coefficient (Wildman–Crippen LogP) is 2.67. The maximum absolute atomic E-state index is 13.7. The number of nitrogens with two attached hydrogens (primary N) is 1. The summed E-state index contributed by atoms with van der Waals surface area (Å²) < 4.78 is 26.8. The lowest BCUT2D eigenvalue weighted by molar-refractivity contribution is 0.192. The van der Waals surface area contributed by atoms with Crippen LogP contribution in [0.4, 0.5) is 8.78 Å². The lowest BCUT2D eigenvalue weighted by Gasteiger charge is -2.28. The first-order valence-corrected chi connectivity index (χ1v) is 6.59. The van der Waals surface area contributed by atoms with Crippen LogP contribution in [0.3, 0.4) is 0 Å². The van der Waals surface area contributed by atoms with Gasteiger partial charge >= 0.3 is 0 Å². The van der Waals surface area contributed by atoms with Gasteiger partial charge in [-0.25, -0.2) is 8.78 Å². The normalized spacial score (nSPS) is 16.7. The third-order valence-electron chi connectivity index (χ3n) is 3.66. The first kappa shape index (κ1) is 13.4. The number of rotatable bonds is 5. The van der Waals surface area contributed by atoms with Gasteiger partial charge < -0.3 is 5.73 Å². The Morgan fingerprint density at radius 2 is 1.94 bits per heavy atom. The number of hydrogen-bond donors (Lipinski definition) is 1. The van der Waals surface area contributed by atoms with Crippen molar-refractivity contribution in [1.29, 1.82) is 0 Å². The zero-order valence-corrected chi connectivity index (χ0v) is 10.5. The third-order valence-corrected chi connectivity index (χ3v) is 3.66. The average Bonchev–Trinajstić information content (AvgIpc) is 2.88. The Kier molecular flexibility index (Phi) is 4.66. The van der Waals surface area contributed by atoms with E-state index in [0.717, 1.165) is 25.5 Å². The van der Waals surface area contributed by atoms with Crippen LogP contribution in [0.25, 0.3) is 0 Å². The Labute approximate surface area is 107 Å². The molecule has 1 saturated carbocycles. The standard InChI is InChI=1S/C14H20F2N2/c15-13-7-3-4-11(14(13)16)10-18(9-8-17)12-5-1-2-6-12/h3-4,7,12H,1-2,5-6,8-10,17H2. The van der Waals surface area contributed by atoms with Crippen LogP contribution in [-0.2, 0) is 6.54 Å². The van der Waals surface area contributed by atoms with Crippen LogP contribution in [0.1, 0.15) is 31.2 Å². The lowest BCUT2D eigenvalue weighted by Crippen LogP contribution is -2.37. The number of nitrogens with zero attached hydrogens (tertiary/aromatic N) is 1. The minimum Gasteiger partial charge on any atom is -0.329 e. The van der Waals surface area contributed by atoms with E-state index >= 15 is 0 Å². The van der Waals surface area contributed by atoms with Crippen LogP contribution < -0.4 is 5.73 Å². The Morgan fingerprint density at radius 1 is 1.22 bits per heavy atom. The molecule has 1 aliphatic carbocycles. The maximum atomic E-state index is 13.7. The zero-order chi connectivity index (χ0) is 13.0. The Balaban J connectivity index is 2.10. The summed E-state index contributed by atoms with van der Waals surface area (Å²) in [7, 11) is 0. The molecule has 0 spiro atoms. The molecule has 2 nitrogen and oxygen atoms in total. The van der Waals surface area contributed by atoms with Gasteiger partial charge in [-0.2, -0.15) is 0 Å². The summed E-state index contributed by atoms with van der Waals surface area (Å²) in [6, 6.07) is 4.83. The molecule has 1 aromatic rings. The largest absolute Gasteiger partial charge is 0.329 e. The Bertz CT molecular complexity index is 389. The molecule has 1 aromatic carbocycles. The van der Waals surface area contributed by atoms with Gasteiger partial charge in [-0.15, -0.1) is 0 Å². The molecular weight excluding hydrogens is 234 g/mol. The summed E-state index contributed by atoms with van der Waals surface area (Å²) in [6.45, 7) is 1.74. The molecule has 0 amide bonds. The second-order valence-electron chi connectivity index (χ2n) is 4.91. The van der Waals surface area contributed by atoms with Crippen LogP contribution >= 0.6 is 0 Å². The fourth-order valence-corrected chi connectivity index (χ4v) is 2.72. The van der Waals surface area contributed by atoms with E-state index in [9.17, 15) is 8.78 Å². The molecule has 2 N–H and O–H groups in total. The average molecular weight is 254 g/mol. The minimum absolute atomic E-state index is 0.426. The molecule has 0 radical (unpaired) electrons. The van der Waals surface area contributed by atoms with Crippen molar-refractivity contribution in [3.63, 3.8) is 0 Å². The minimum atomic E-state index is -0.772. The second-order valence-corrected chi connectivity index (χ2v) is 4.91. The van der Waals surface area contributed by atoms with Gasteiger partial charge in [0.1, 0.15) is 0 Å². The highest BCUT2D eigenvalue weighted by atomic mass is 19.2. The van der Waals surface area contributed by atoms with Crippen molar-refractivity contribution >= 4 is 0 Å². The highest BCUT2D eigenvalue weighted by Crippen LogP contribution is 2.25. The van der Waals surface area contributed by atoms with Crippen molar-refractivity contribution in [1.82, 2.24) is 4.90 Å². The monoisotopic (exact) mass is 254 g/mol. The second kappa shape index (κ2) is 6.25. The summed E-state index contributed by atoms with van der Waals surface area (Å²) in [5.41, 5.74) is 6.04. The zero-order valence-electron chi connectivity index (χ0n) is 10.5. The van der Waals surface area contributed by atoms with Gasteiger partial charge in [0.05, 0.1) is 0 Å². The van der Waals surface area contributed by atoms with E-state index in [1.807, 2.05) is 0 Å². The quantitative estimate of drug-likeness (QED) is 0.875. The van der Waals surface area contributed by atoms with Gasteiger partial charge in [-0.05, 0) is 18.9 Å². The van der Waals surface area contributed by atoms with E-state index in [0.29, 0.717) is 24.7 Å². The van der Waals surface area contributed by atoms with Crippen molar-refractivity contribution in [2.75, 3.05) is 13.1 Å². The molecule has 0 heterocycles. The number of halogens is 2. The van der Waals surface area contributed by atoms with Gasteiger partial charge in [0, 0.05) is 31.2 Å². The van der Waals surface area contributed by atoms with E-state index < -0.39 is 11.6 Å². The Morgan fingerprint density at radius 3 is 2.61 bits per heavy atom. The van der Waals surface area contributed by atoms with Gasteiger partial charge in [0.15, 0.2) is 11.6 Å². The molecule has 0 saturated heterocycles. The van der Waals surface area contributed by atoms with Crippen LogP contribution in [0.5, 0.6) is 0 Å². The van der Waals surface area contributed by atoms with E-state index in [-0.39, 0.29) is 0 Å². The molecule has 0 unspecified atom stereocenters. The molecule has 18 heavy (non-hydrogen) atoms. The van der Waals surface area contributed by atoms with E-state index in [2.05, 4.69) is 4.90 Å². The first-order valence-electron chi connectivity index (χ1n) is 6.59. The topological polar surface area (TPSA) is 29.3 Å². The number of hydrogen-bond acceptors (Lipinski definition) is 2. The SMILES string of the molecule is NCCN(Cc1cccc(F)c1F)C1CCCC1. The van der Waals surface area contributed by atoms with Crippen LogP contribution in [0.15, 0.2) is 18.2 Å². The molecule has 1 fully saturated rings. The molecule has 1 aliphatic rings. The molecule has 0 bridgehead atoms. The maximum Gasteiger partial charge on any atom is 0.163 e. The summed E-state index contributed by atoms with van der Waals surface area (Å²) >= 11 is 0. The highest BCUT2D eigenvalue weighted by molar-refractivity contribution is 5.19. The molecule has 0 aliphatic heterocycles. The van der Waals surface area contributed by atoms with Crippen molar-refractivity contribution in [2.24, 2.45) is 5.73 Å². The van der Waals surface area contributed by atoms with Crippen LogP contribution in [0.2, 0.25) is 0 Å². The van der Waals surface area contributed by atoms with Crippen LogP contribution in [0, 0.1) is 11.6 Å². The fourth-order valence-electron chi connectivity index (χ4n) is 2.72. The fraction of sp³-hybridized carbons (Fsp3) is 0.571. The van der Waals surface area contributed by atoms with E-state index in [4.69, 9.17) is 5.73 Å². The Hall–Kier alpha value is -1.00. The summed E-state index contributed by atoms with van der Waals surface area (Å²) in [5, 5.41) is 0. The highest BCUT2D eigenvalue weighted by Gasteiger charge is 2.23. The molecule has 100 valence electrons. The predicted molar refractivity (Wildman–Crippen MR) is 68.1 cm³/mol. The molecule has 2 rings (SSSR count). The summed E-state index contributed by atoms with van der Waals surface area (Å²) in [5.74, 6) is -1.50. The molecular formula is C14H20F2N2. The van der Waals surface area contributed by atoms with Crippen LogP contribution in [-0.4, -0.2) is 24.0 Å². The molecule has 0 aromatic heterocycles. The summed E-state index contributed by atoms with van der Waals surface area (Å²) in [4.78, 5) is 2.19. The van der Waals surface area contributed by atoms with Crippen molar-refractivity contribution < 1.29 is 8.78 Å². The van der Waals surface area contributed by atoms with E-state index in [1.165, 1.54) is 12.8 Å². The van der Waals surface area contributed by atoms with Gasteiger partial charge in [-0.3, -0.25) is 4.90 Å². The van der Waals surface area contributed by atoms with Gasteiger partial charge in [-0.1, -0.05) is 25.0 Å². The molecule has 0 atom stereocenters. The van der Waals surface area contributed by atoms with Crippen molar-refractivity contribution in [2.45, 2.75) is 38.3 Å². The lowest BCUT2D eigenvalue weighted by atomic mass is 10.1. The number of benzene rings is 1. The third kappa shape index (κ3) is 3.06. The van der Waals surface area contributed by atoms with Gasteiger partial charge in [0.25, 0.3) is 0 Å². The van der Waals surface area contributed by atoms with E-state index in [1.54, 1.807) is 12.1 Å². The van der Waals surface area contributed by atoms with Crippen molar-refractivity contribution in [3.05, 3.63) is 35.4 Å². The van der Waals surface area contributed by atoms with Crippen molar-refractivity contribution in [3.8, 4) is 0 Å². The smallest absolute Gasteiger partial charge is 0.163 e. The molecule has 4 heteroatoms.